The molecule has 0 spiro atoms. The number of pyridine rings is 1. The summed E-state index contributed by atoms with van der Waals surface area (Å²) in [6.07, 6.45) is 1.80. The van der Waals surface area contributed by atoms with E-state index in [2.05, 4.69) is 50.2 Å². The van der Waals surface area contributed by atoms with Crippen LogP contribution in [-0.2, 0) is 13.1 Å². The summed E-state index contributed by atoms with van der Waals surface area (Å²) in [5.41, 5.74) is 4.67. The monoisotopic (exact) mass is 320 g/mol. The third kappa shape index (κ3) is 2.90. The van der Waals surface area contributed by atoms with Gasteiger partial charge in [-0.3, -0.25) is 4.90 Å². The highest BCUT2D eigenvalue weighted by atomic mass is 16.5. The number of ether oxygens (including phenoxy) is 1. The molecule has 1 unspecified atom stereocenters. The van der Waals surface area contributed by atoms with E-state index in [4.69, 9.17) is 4.74 Å². The number of methoxy groups -OCH3 is 1. The lowest BCUT2D eigenvalue weighted by Crippen LogP contribution is -2.34. The number of imidazole rings is 1. The lowest BCUT2D eigenvalue weighted by molar-refractivity contribution is 0.224. The maximum atomic E-state index is 5.23. The first-order chi connectivity index (χ1) is 11.8. The highest BCUT2D eigenvalue weighted by molar-refractivity contribution is 5.33. The molecule has 4 rings (SSSR count). The second-order valence-electron chi connectivity index (χ2n) is 6.07. The Morgan fingerprint density at radius 2 is 2.04 bits per heavy atom. The van der Waals surface area contributed by atoms with Crippen LogP contribution in [0.25, 0.3) is 0 Å². The van der Waals surface area contributed by atoms with E-state index in [1.807, 2.05) is 18.2 Å². The summed E-state index contributed by atoms with van der Waals surface area (Å²) in [5, 5.41) is 0. The van der Waals surface area contributed by atoms with Crippen LogP contribution in [0.3, 0.4) is 0 Å². The van der Waals surface area contributed by atoms with E-state index in [1.165, 1.54) is 11.3 Å². The predicted octanol–water partition coefficient (Wildman–Crippen LogP) is 2.96. The van der Waals surface area contributed by atoms with Crippen molar-refractivity contribution in [2.75, 3.05) is 13.7 Å². The molecule has 0 bridgehead atoms. The van der Waals surface area contributed by atoms with E-state index in [0.717, 1.165) is 31.0 Å². The topological polar surface area (TPSA) is 54.0 Å². The van der Waals surface area contributed by atoms with Crippen molar-refractivity contribution in [1.29, 1.82) is 0 Å². The van der Waals surface area contributed by atoms with Gasteiger partial charge in [0.25, 0.3) is 0 Å². The zero-order valence-electron chi connectivity index (χ0n) is 13.6. The quantitative estimate of drug-likeness (QED) is 0.803. The van der Waals surface area contributed by atoms with Crippen LogP contribution in [0.1, 0.15) is 28.6 Å². The Bertz CT molecular complexity index is 815. The number of nitrogens with one attached hydrogen (secondary N) is 1. The van der Waals surface area contributed by atoms with Crippen molar-refractivity contribution >= 4 is 0 Å². The molecule has 1 atom stereocenters. The van der Waals surface area contributed by atoms with Crippen molar-refractivity contribution in [2.24, 2.45) is 0 Å². The summed E-state index contributed by atoms with van der Waals surface area (Å²) in [7, 11) is 1.65. The number of rotatable bonds is 4. The second-order valence-corrected chi connectivity index (χ2v) is 6.07. The lowest BCUT2D eigenvalue weighted by Gasteiger charge is -2.32. The van der Waals surface area contributed by atoms with Crippen molar-refractivity contribution in [1.82, 2.24) is 19.9 Å². The number of hydrogen-bond donors (Lipinski definition) is 1. The molecule has 1 aliphatic rings. The highest BCUT2D eigenvalue weighted by Gasteiger charge is 2.28. The summed E-state index contributed by atoms with van der Waals surface area (Å²) in [5.74, 6) is 0.943. The molecule has 3 heterocycles. The van der Waals surface area contributed by atoms with E-state index in [-0.39, 0.29) is 5.92 Å². The number of hydrogen-bond acceptors (Lipinski definition) is 4. The Labute approximate surface area is 141 Å². The van der Waals surface area contributed by atoms with Gasteiger partial charge in [-0.05, 0) is 11.6 Å². The second kappa shape index (κ2) is 6.45. The highest BCUT2D eigenvalue weighted by Crippen LogP contribution is 2.31. The van der Waals surface area contributed by atoms with Crippen LogP contribution in [-0.4, -0.2) is 33.5 Å². The van der Waals surface area contributed by atoms with E-state index in [1.54, 1.807) is 13.4 Å². The molecule has 24 heavy (non-hydrogen) atoms. The Kier molecular flexibility index (Phi) is 4.01. The van der Waals surface area contributed by atoms with Crippen molar-refractivity contribution < 1.29 is 4.74 Å². The van der Waals surface area contributed by atoms with Gasteiger partial charge in [-0.25, -0.2) is 9.97 Å². The lowest BCUT2D eigenvalue weighted by atomic mass is 9.91. The normalized spacial score (nSPS) is 17.5. The molecule has 3 aromatic rings. The fourth-order valence-electron chi connectivity index (χ4n) is 3.35. The number of aromatic nitrogens is 3. The summed E-state index contributed by atoms with van der Waals surface area (Å²) < 4.78 is 5.23. The molecular formula is C19H20N4O. The van der Waals surface area contributed by atoms with Crippen LogP contribution in [0, 0.1) is 0 Å². The average Bonchev–Trinajstić information content (AvgIpc) is 3.10. The zero-order valence-corrected chi connectivity index (χ0v) is 13.6. The van der Waals surface area contributed by atoms with Gasteiger partial charge in [-0.15, -0.1) is 0 Å². The molecule has 0 saturated carbocycles. The van der Waals surface area contributed by atoms with E-state index < -0.39 is 0 Å². The Morgan fingerprint density at radius 3 is 2.88 bits per heavy atom. The number of aromatic amines is 1. The van der Waals surface area contributed by atoms with Crippen molar-refractivity contribution in [3.63, 3.8) is 0 Å². The largest absolute Gasteiger partial charge is 0.481 e. The van der Waals surface area contributed by atoms with E-state index in [0.29, 0.717) is 5.88 Å². The third-order valence-electron chi connectivity index (χ3n) is 4.48. The van der Waals surface area contributed by atoms with Gasteiger partial charge >= 0.3 is 0 Å². The van der Waals surface area contributed by atoms with E-state index in [9.17, 15) is 0 Å². The van der Waals surface area contributed by atoms with Gasteiger partial charge in [-0.2, -0.15) is 0 Å². The van der Waals surface area contributed by atoms with Gasteiger partial charge in [0.15, 0.2) is 0 Å². The van der Waals surface area contributed by atoms with Crippen molar-refractivity contribution in [2.45, 2.75) is 19.0 Å². The minimum absolute atomic E-state index is 0.284. The van der Waals surface area contributed by atoms with Crippen LogP contribution in [0.5, 0.6) is 5.88 Å². The van der Waals surface area contributed by atoms with Crippen molar-refractivity contribution in [3.05, 3.63) is 77.5 Å². The van der Waals surface area contributed by atoms with Gasteiger partial charge in [0.2, 0.25) is 5.88 Å². The molecule has 1 N–H and O–H groups in total. The first-order valence-electron chi connectivity index (χ1n) is 8.13. The number of nitrogens with zero attached hydrogens (tertiary/aromatic N) is 3. The van der Waals surface area contributed by atoms with Crippen LogP contribution in [0.15, 0.2) is 54.9 Å². The summed E-state index contributed by atoms with van der Waals surface area (Å²) in [4.78, 5) is 14.8. The molecule has 0 amide bonds. The van der Waals surface area contributed by atoms with Gasteiger partial charge in [-0.1, -0.05) is 36.4 Å². The molecule has 0 fully saturated rings. The number of benzene rings is 1. The third-order valence-corrected chi connectivity index (χ3v) is 4.48. The van der Waals surface area contributed by atoms with Crippen LogP contribution < -0.4 is 4.74 Å². The maximum Gasteiger partial charge on any atom is 0.213 e. The first kappa shape index (κ1) is 14.9. The Hall–Kier alpha value is -2.66. The Balaban J connectivity index is 1.60. The molecule has 5 nitrogen and oxygen atoms in total. The number of fused-ring (bicyclic) bond motifs is 1. The molecule has 1 aliphatic heterocycles. The molecular weight excluding hydrogens is 300 g/mol. The molecule has 2 aromatic heterocycles. The minimum Gasteiger partial charge on any atom is -0.481 e. The average molecular weight is 320 g/mol. The smallest absolute Gasteiger partial charge is 0.213 e. The van der Waals surface area contributed by atoms with Gasteiger partial charge in [0, 0.05) is 31.6 Å². The molecule has 1 aromatic carbocycles. The predicted molar refractivity (Wildman–Crippen MR) is 91.8 cm³/mol. The van der Waals surface area contributed by atoms with Crippen LogP contribution >= 0.6 is 0 Å². The summed E-state index contributed by atoms with van der Waals surface area (Å²) >= 11 is 0. The molecule has 5 heteroatoms. The first-order valence-corrected chi connectivity index (χ1v) is 8.13. The number of H-pyrrole nitrogens is 1. The molecule has 0 radical (unpaired) electrons. The van der Waals surface area contributed by atoms with Crippen molar-refractivity contribution in [3.8, 4) is 5.88 Å². The molecule has 122 valence electrons. The SMILES string of the molecule is COc1cccc(CN2Cc3[nH]cnc3C(c3ccccc3)C2)n1. The fraction of sp³-hybridized carbons (Fsp3) is 0.263. The molecule has 0 aliphatic carbocycles. The summed E-state index contributed by atoms with van der Waals surface area (Å²) in [6.45, 7) is 2.58. The van der Waals surface area contributed by atoms with E-state index >= 15 is 0 Å². The maximum absolute atomic E-state index is 5.23. The molecule has 0 saturated heterocycles. The Morgan fingerprint density at radius 1 is 1.17 bits per heavy atom. The van der Waals surface area contributed by atoms with Crippen LogP contribution in [0.2, 0.25) is 0 Å². The van der Waals surface area contributed by atoms with Gasteiger partial charge in [0.1, 0.15) is 0 Å². The standard InChI is InChI=1S/C19H20N4O/c1-24-18-9-5-8-15(22-18)10-23-11-16(14-6-3-2-4-7-14)19-17(12-23)20-13-21-19/h2-9,13,16H,10-12H2,1H3,(H,20,21). The fourth-order valence-corrected chi connectivity index (χ4v) is 3.35. The minimum atomic E-state index is 0.284. The van der Waals surface area contributed by atoms with Gasteiger partial charge in [0.05, 0.1) is 30.5 Å². The van der Waals surface area contributed by atoms with Gasteiger partial charge < -0.3 is 9.72 Å². The zero-order chi connectivity index (χ0) is 16.4. The summed E-state index contributed by atoms with van der Waals surface area (Å²) in [6, 6.07) is 16.5. The van der Waals surface area contributed by atoms with Crippen LogP contribution in [0.4, 0.5) is 0 Å².